The molecule has 21 heavy (non-hydrogen) atoms. The zero-order valence-corrected chi connectivity index (χ0v) is 14.0. The van der Waals surface area contributed by atoms with Crippen LogP contribution in [0.15, 0.2) is 22.7 Å². The van der Waals surface area contributed by atoms with Crippen molar-refractivity contribution < 1.29 is 13.6 Å². The van der Waals surface area contributed by atoms with Crippen molar-refractivity contribution in [1.82, 2.24) is 4.57 Å². The number of halogens is 4. The second kappa shape index (κ2) is 5.89. The van der Waals surface area contributed by atoms with E-state index in [0.717, 1.165) is 6.07 Å². The van der Waals surface area contributed by atoms with Gasteiger partial charge in [-0.25, -0.2) is 8.78 Å². The zero-order valence-electron chi connectivity index (χ0n) is 11.7. The molecule has 0 saturated carbocycles. The Balaban J connectivity index is 2.66. The molecule has 112 valence electrons. The predicted molar refractivity (Wildman–Crippen MR) is 82.5 cm³/mol. The van der Waals surface area contributed by atoms with Crippen LogP contribution >= 0.6 is 27.5 Å². The molecule has 0 N–H and O–H groups in total. The summed E-state index contributed by atoms with van der Waals surface area (Å²) in [5, 5.41) is -0.663. The van der Waals surface area contributed by atoms with Crippen molar-refractivity contribution in [3.05, 3.63) is 51.3 Å². The van der Waals surface area contributed by atoms with Gasteiger partial charge < -0.3 is 4.57 Å². The lowest BCUT2D eigenvalue weighted by Crippen LogP contribution is -2.12. The lowest BCUT2D eigenvalue weighted by Gasteiger charge is -2.12. The summed E-state index contributed by atoms with van der Waals surface area (Å²) in [7, 11) is 0. The number of rotatable bonds is 3. The van der Waals surface area contributed by atoms with Gasteiger partial charge in [0, 0.05) is 23.0 Å². The number of aryl methyl sites for hydroxylation is 1. The number of nitrogens with zero attached hydrogens (tertiary/aromatic N) is 1. The topological polar surface area (TPSA) is 22.0 Å². The number of carbonyl (C=O) groups is 1. The Labute approximate surface area is 134 Å². The Hall–Kier alpha value is -1.20. The van der Waals surface area contributed by atoms with Gasteiger partial charge >= 0.3 is 0 Å². The first-order chi connectivity index (χ1) is 9.73. The van der Waals surface area contributed by atoms with Crippen LogP contribution in [0.4, 0.5) is 8.78 Å². The Bertz CT molecular complexity index is 725. The fourth-order valence-electron chi connectivity index (χ4n) is 2.28. The second-order valence-electron chi connectivity index (χ2n) is 4.82. The zero-order chi connectivity index (χ0) is 15.9. The first-order valence-corrected chi connectivity index (χ1v) is 7.49. The SMILES string of the molecule is Cc1cc(C(=O)C(C)Cl)c(C)n1-c1cc(Br)c(F)cc1F. The van der Waals surface area contributed by atoms with Crippen molar-refractivity contribution >= 4 is 33.3 Å². The van der Waals surface area contributed by atoms with Crippen LogP contribution in [0, 0.1) is 25.5 Å². The molecule has 0 aliphatic heterocycles. The van der Waals surface area contributed by atoms with Crippen molar-refractivity contribution in [3.8, 4) is 5.69 Å². The molecule has 0 bridgehead atoms. The van der Waals surface area contributed by atoms with Crippen LogP contribution in [-0.4, -0.2) is 15.7 Å². The third-order valence-electron chi connectivity index (χ3n) is 3.29. The Morgan fingerprint density at radius 3 is 2.43 bits per heavy atom. The molecule has 0 saturated heterocycles. The number of benzene rings is 1. The van der Waals surface area contributed by atoms with E-state index in [0.29, 0.717) is 17.0 Å². The van der Waals surface area contributed by atoms with Crippen LogP contribution in [0.1, 0.15) is 28.7 Å². The van der Waals surface area contributed by atoms with E-state index in [-0.39, 0.29) is 15.9 Å². The third-order valence-corrected chi connectivity index (χ3v) is 4.09. The average Bonchev–Trinajstić information content (AvgIpc) is 2.68. The van der Waals surface area contributed by atoms with Crippen LogP contribution in [-0.2, 0) is 0 Å². The van der Waals surface area contributed by atoms with Crippen LogP contribution < -0.4 is 0 Å². The van der Waals surface area contributed by atoms with Crippen molar-refractivity contribution in [3.63, 3.8) is 0 Å². The van der Waals surface area contributed by atoms with Gasteiger partial charge in [-0.05, 0) is 48.8 Å². The first-order valence-electron chi connectivity index (χ1n) is 6.26. The number of ketones is 1. The molecule has 0 spiro atoms. The maximum absolute atomic E-state index is 14.1. The van der Waals surface area contributed by atoms with E-state index >= 15 is 0 Å². The lowest BCUT2D eigenvalue weighted by molar-refractivity contribution is 0.0991. The molecule has 0 aliphatic carbocycles. The molecule has 2 nitrogen and oxygen atoms in total. The Morgan fingerprint density at radius 2 is 1.86 bits per heavy atom. The maximum atomic E-state index is 14.1. The molecule has 0 aliphatic rings. The van der Waals surface area contributed by atoms with Crippen molar-refractivity contribution in [1.29, 1.82) is 0 Å². The fourth-order valence-corrected chi connectivity index (χ4v) is 2.73. The molecule has 0 radical (unpaired) electrons. The molecular formula is C15H13BrClF2NO. The minimum Gasteiger partial charge on any atom is -0.315 e. The van der Waals surface area contributed by atoms with E-state index in [2.05, 4.69) is 15.9 Å². The van der Waals surface area contributed by atoms with Crippen LogP contribution in [0.25, 0.3) is 5.69 Å². The van der Waals surface area contributed by atoms with Crippen LogP contribution in [0.5, 0.6) is 0 Å². The molecule has 1 atom stereocenters. The van der Waals surface area contributed by atoms with Gasteiger partial charge in [-0.1, -0.05) is 0 Å². The molecule has 0 amide bonds. The van der Waals surface area contributed by atoms with E-state index in [1.54, 1.807) is 31.4 Å². The van der Waals surface area contributed by atoms with Gasteiger partial charge in [0.1, 0.15) is 11.6 Å². The molecule has 6 heteroatoms. The van der Waals surface area contributed by atoms with Crippen molar-refractivity contribution in [2.45, 2.75) is 26.1 Å². The summed E-state index contributed by atoms with van der Waals surface area (Å²) < 4.78 is 29.1. The number of aromatic nitrogens is 1. The molecule has 0 fully saturated rings. The van der Waals surface area contributed by atoms with Gasteiger partial charge in [0.2, 0.25) is 0 Å². The molecule has 1 aromatic heterocycles. The van der Waals surface area contributed by atoms with Crippen LogP contribution in [0.2, 0.25) is 0 Å². The van der Waals surface area contributed by atoms with E-state index in [1.165, 1.54) is 6.07 Å². The standard InChI is InChI=1S/C15H13BrClF2NO/c1-7-4-10(15(21)8(2)17)9(3)20(7)14-5-11(16)12(18)6-13(14)19/h4-6,8H,1-3H3. The second-order valence-corrected chi connectivity index (χ2v) is 6.33. The highest BCUT2D eigenvalue weighted by Crippen LogP contribution is 2.28. The monoisotopic (exact) mass is 375 g/mol. The smallest absolute Gasteiger partial charge is 0.182 e. The lowest BCUT2D eigenvalue weighted by atomic mass is 10.1. The number of hydrogen-bond acceptors (Lipinski definition) is 1. The highest BCUT2D eigenvalue weighted by molar-refractivity contribution is 9.10. The minimum atomic E-state index is -0.699. The number of hydrogen-bond donors (Lipinski definition) is 0. The number of carbonyl (C=O) groups excluding carboxylic acids is 1. The predicted octanol–water partition coefficient (Wildman–Crippen LogP) is 4.94. The van der Waals surface area contributed by atoms with Crippen molar-refractivity contribution in [2.24, 2.45) is 0 Å². The minimum absolute atomic E-state index is 0.157. The van der Waals surface area contributed by atoms with E-state index in [9.17, 15) is 13.6 Å². The van der Waals surface area contributed by atoms with Gasteiger partial charge in [-0.3, -0.25) is 4.79 Å². The van der Waals surface area contributed by atoms with Crippen molar-refractivity contribution in [2.75, 3.05) is 0 Å². The largest absolute Gasteiger partial charge is 0.315 e. The highest BCUT2D eigenvalue weighted by atomic mass is 79.9. The number of alkyl halides is 1. The summed E-state index contributed by atoms with van der Waals surface area (Å²) >= 11 is 8.87. The van der Waals surface area contributed by atoms with E-state index in [1.807, 2.05) is 0 Å². The normalized spacial score (nSPS) is 12.5. The molecule has 1 unspecified atom stereocenters. The molecular weight excluding hydrogens is 364 g/mol. The highest BCUT2D eigenvalue weighted by Gasteiger charge is 2.21. The summed E-state index contributed by atoms with van der Waals surface area (Å²) in [6.45, 7) is 5.04. The quantitative estimate of drug-likeness (QED) is 0.422. The third kappa shape index (κ3) is 2.90. The van der Waals surface area contributed by atoms with E-state index in [4.69, 9.17) is 11.6 Å². The first kappa shape index (κ1) is 16.2. The van der Waals surface area contributed by atoms with E-state index < -0.39 is 17.0 Å². The molecule has 2 aromatic rings. The molecule has 1 heterocycles. The Kier molecular flexibility index (Phi) is 4.54. The summed E-state index contributed by atoms with van der Waals surface area (Å²) in [6.07, 6.45) is 0. The maximum Gasteiger partial charge on any atom is 0.182 e. The van der Waals surface area contributed by atoms with Gasteiger partial charge in [0.15, 0.2) is 5.78 Å². The summed E-state index contributed by atoms with van der Waals surface area (Å²) in [5.41, 5.74) is 1.86. The van der Waals surface area contributed by atoms with Gasteiger partial charge in [0.05, 0.1) is 15.5 Å². The summed E-state index contributed by atoms with van der Waals surface area (Å²) in [5.74, 6) is -1.60. The molecule has 1 aromatic carbocycles. The average molecular weight is 377 g/mol. The fraction of sp³-hybridized carbons (Fsp3) is 0.267. The number of Topliss-reactive ketones (excluding diaryl/α,β-unsaturated/α-hetero) is 1. The Morgan fingerprint density at radius 1 is 1.24 bits per heavy atom. The van der Waals surface area contributed by atoms with Crippen LogP contribution in [0.3, 0.4) is 0 Å². The van der Waals surface area contributed by atoms with Gasteiger partial charge in [-0.15, -0.1) is 11.6 Å². The molecule has 2 rings (SSSR count). The van der Waals surface area contributed by atoms with Gasteiger partial charge in [-0.2, -0.15) is 0 Å². The van der Waals surface area contributed by atoms with Gasteiger partial charge in [0.25, 0.3) is 0 Å². The summed E-state index contributed by atoms with van der Waals surface area (Å²) in [4.78, 5) is 12.1. The summed E-state index contributed by atoms with van der Waals surface area (Å²) in [6, 6.07) is 3.82.